The van der Waals surface area contributed by atoms with Crippen molar-refractivity contribution in [1.29, 1.82) is 0 Å². The van der Waals surface area contributed by atoms with E-state index in [4.69, 9.17) is 26.3 Å². The number of nitrogens with one attached hydrogen (secondary N) is 1. The van der Waals surface area contributed by atoms with Crippen molar-refractivity contribution in [2.75, 3.05) is 31.6 Å². The predicted octanol–water partition coefficient (Wildman–Crippen LogP) is 5.37. The van der Waals surface area contributed by atoms with Crippen molar-refractivity contribution in [1.82, 2.24) is 19.9 Å². The molecule has 0 unspecified atom stereocenters. The molecule has 3 heterocycles. The van der Waals surface area contributed by atoms with Gasteiger partial charge in [0.2, 0.25) is 0 Å². The van der Waals surface area contributed by atoms with Crippen LogP contribution < -0.4 is 5.32 Å². The molecule has 1 aliphatic heterocycles. The van der Waals surface area contributed by atoms with Crippen LogP contribution in [-0.2, 0) is 11.3 Å². The molecule has 2 aromatic carbocycles. The van der Waals surface area contributed by atoms with E-state index in [1.54, 1.807) is 24.5 Å². The zero-order valence-corrected chi connectivity index (χ0v) is 18.9. The van der Waals surface area contributed by atoms with Gasteiger partial charge in [-0.05, 0) is 54.4 Å². The second-order valence-corrected chi connectivity index (χ2v) is 8.50. The Kier molecular flexibility index (Phi) is 6.17. The smallest absolute Gasteiger partial charge is 0.163 e. The van der Waals surface area contributed by atoms with Gasteiger partial charge in [-0.25, -0.2) is 14.4 Å². The van der Waals surface area contributed by atoms with Gasteiger partial charge in [-0.1, -0.05) is 17.7 Å². The first-order valence-corrected chi connectivity index (χ1v) is 11.2. The highest BCUT2D eigenvalue weighted by Gasteiger charge is 2.16. The molecule has 0 bridgehead atoms. The van der Waals surface area contributed by atoms with Crippen molar-refractivity contribution in [3.05, 3.63) is 76.8 Å². The summed E-state index contributed by atoms with van der Waals surface area (Å²) in [4.78, 5) is 16.3. The lowest BCUT2D eigenvalue weighted by Crippen LogP contribution is -2.35. The number of anilines is 2. The number of morpholine rings is 1. The van der Waals surface area contributed by atoms with Gasteiger partial charge in [0, 0.05) is 48.7 Å². The minimum atomic E-state index is -0.463. The Balaban J connectivity index is 1.61. The van der Waals surface area contributed by atoms with Crippen molar-refractivity contribution in [3.63, 3.8) is 0 Å². The molecule has 0 spiro atoms. The molecule has 1 fully saturated rings. The fourth-order valence-corrected chi connectivity index (χ4v) is 4.20. The summed E-state index contributed by atoms with van der Waals surface area (Å²) in [6, 6.07) is 12.6. The number of aryl methyl sites for hydroxylation is 1. The first-order valence-electron chi connectivity index (χ1n) is 10.8. The van der Waals surface area contributed by atoms with Gasteiger partial charge in [0.15, 0.2) is 5.82 Å². The monoisotopic (exact) mass is 463 g/mol. The molecule has 2 aromatic heterocycles. The molecule has 0 saturated carbocycles. The first-order chi connectivity index (χ1) is 16.1. The Bertz CT molecular complexity index is 1300. The van der Waals surface area contributed by atoms with Gasteiger partial charge in [-0.3, -0.25) is 9.88 Å². The molecular formula is C25H23ClFN5O. The van der Waals surface area contributed by atoms with Gasteiger partial charge in [0.05, 0.1) is 23.8 Å². The Morgan fingerprint density at radius 1 is 1.12 bits per heavy atom. The molecule has 0 radical (unpaired) electrons. The lowest BCUT2D eigenvalue weighted by atomic mass is 10.0. The summed E-state index contributed by atoms with van der Waals surface area (Å²) in [5.41, 5.74) is 4.56. The van der Waals surface area contributed by atoms with Crippen molar-refractivity contribution < 1.29 is 9.13 Å². The van der Waals surface area contributed by atoms with Crippen LogP contribution in [0.1, 0.15) is 11.1 Å². The Hall–Kier alpha value is -3.13. The molecule has 6 nitrogen and oxygen atoms in total. The standard InChI is InChI=1S/C25H23ClFN5O/c1-16-11-17(15-32-7-9-33-10-8-32)12-20-23(16)30-24(18-3-2-6-28-14-18)31-25(20)29-19-4-5-22(27)21(26)13-19/h2-6,11-14H,7-10,15H2,1H3,(H,29,30,31). The molecular weight excluding hydrogens is 441 g/mol. The summed E-state index contributed by atoms with van der Waals surface area (Å²) < 4.78 is 19.2. The van der Waals surface area contributed by atoms with E-state index in [-0.39, 0.29) is 5.02 Å². The Morgan fingerprint density at radius 3 is 2.73 bits per heavy atom. The van der Waals surface area contributed by atoms with Crippen molar-refractivity contribution in [2.24, 2.45) is 0 Å². The molecule has 1 aliphatic rings. The summed E-state index contributed by atoms with van der Waals surface area (Å²) in [5, 5.41) is 4.27. The number of nitrogens with zero attached hydrogens (tertiary/aromatic N) is 4. The molecule has 0 aliphatic carbocycles. The fourth-order valence-electron chi connectivity index (χ4n) is 4.02. The highest BCUT2D eigenvalue weighted by molar-refractivity contribution is 6.31. The van der Waals surface area contributed by atoms with E-state index in [0.29, 0.717) is 17.3 Å². The number of hydrogen-bond acceptors (Lipinski definition) is 6. The number of rotatable bonds is 5. The largest absolute Gasteiger partial charge is 0.379 e. The SMILES string of the molecule is Cc1cc(CN2CCOCC2)cc2c(Nc3ccc(F)c(Cl)c3)nc(-c3cccnc3)nc12. The van der Waals surface area contributed by atoms with Crippen LogP contribution in [0.15, 0.2) is 54.9 Å². The highest BCUT2D eigenvalue weighted by atomic mass is 35.5. The van der Waals surface area contributed by atoms with Crippen LogP contribution in [0.2, 0.25) is 5.02 Å². The van der Waals surface area contributed by atoms with Crippen LogP contribution in [-0.4, -0.2) is 46.2 Å². The van der Waals surface area contributed by atoms with E-state index < -0.39 is 5.82 Å². The Morgan fingerprint density at radius 2 is 1.97 bits per heavy atom. The number of fused-ring (bicyclic) bond motifs is 1. The van der Waals surface area contributed by atoms with E-state index in [9.17, 15) is 4.39 Å². The topological polar surface area (TPSA) is 63.2 Å². The maximum absolute atomic E-state index is 13.7. The number of hydrogen-bond donors (Lipinski definition) is 1. The first kappa shape index (κ1) is 21.7. The second kappa shape index (κ2) is 9.39. The average Bonchev–Trinajstić information content (AvgIpc) is 2.83. The van der Waals surface area contributed by atoms with Crippen LogP contribution in [0.4, 0.5) is 15.9 Å². The second-order valence-electron chi connectivity index (χ2n) is 8.09. The summed E-state index contributed by atoms with van der Waals surface area (Å²) in [5.74, 6) is 0.734. The summed E-state index contributed by atoms with van der Waals surface area (Å²) in [7, 11) is 0. The van der Waals surface area contributed by atoms with E-state index in [2.05, 4.69) is 34.3 Å². The van der Waals surface area contributed by atoms with Crippen molar-refractivity contribution in [3.8, 4) is 11.4 Å². The van der Waals surface area contributed by atoms with Gasteiger partial charge in [0.1, 0.15) is 11.6 Å². The zero-order valence-electron chi connectivity index (χ0n) is 18.2. The number of benzene rings is 2. The van der Waals surface area contributed by atoms with Crippen LogP contribution in [0, 0.1) is 12.7 Å². The van der Waals surface area contributed by atoms with Crippen LogP contribution in [0.25, 0.3) is 22.3 Å². The molecule has 4 aromatic rings. The third-order valence-corrected chi connectivity index (χ3v) is 5.95. The highest BCUT2D eigenvalue weighted by Crippen LogP contribution is 2.31. The molecule has 33 heavy (non-hydrogen) atoms. The predicted molar refractivity (Wildman–Crippen MR) is 128 cm³/mol. The van der Waals surface area contributed by atoms with Gasteiger partial charge < -0.3 is 10.1 Å². The molecule has 168 valence electrons. The lowest BCUT2D eigenvalue weighted by molar-refractivity contribution is 0.0342. The Labute approximate surface area is 196 Å². The minimum Gasteiger partial charge on any atom is -0.379 e. The molecule has 1 saturated heterocycles. The van der Waals surface area contributed by atoms with Crippen LogP contribution in [0.5, 0.6) is 0 Å². The summed E-state index contributed by atoms with van der Waals surface area (Å²) >= 11 is 6.01. The van der Waals surface area contributed by atoms with Gasteiger partial charge in [-0.2, -0.15) is 0 Å². The minimum absolute atomic E-state index is 0.0510. The fraction of sp³-hybridized carbons (Fsp3) is 0.240. The van der Waals surface area contributed by atoms with Crippen molar-refractivity contribution >= 4 is 34.0 Å². The molecule has 8 heteroatoms. The quantitative estimate of drug-likeness (QED) is 0.429. The zero-order chi connectivity index (χ0) is 22.8. The van der Waals surface area contributed by atoms with Gasteiger partial charge in [-0.15, -0.1) is 0 Å². The van der Waals surface area contributed by atoms with Crippen molar-refractivity contribution in [2.45, 2.75) is 13.5 Å². The lowest BCUT2D eigenvalue weighted by Gasteiger charge is -2.27. The van der Waals surface area contributed by atoms with E-state index in [1.165, 1.54) is 11.6 Å². The average molecular weight is 464 g/mol. The van der Waals surface area contributed by atoms with Gasteiger partial charge in [0.25, 0.3) is 0 Å². The normalized spacial score (nSPS) is 14.5. The molecule has 1 N–H and O–H groups in total. The molecule has 5 rings (SSSR count). The number of ether oxygens (including phenoxy) is 1. The van der Waals surface area contributed by atoms with Crippen LogP contribution in [0.3, 0.4) is 0 Å². The van der Waals surface area contributed by atoms with E-state index >= 15 is 0 Å². The molecule has 0 atom stereocenters. The van der Waals surface area contributed by atoms with Crippen LogP contribution >= 0.6 is 11.6 Å². The third kappa shape index (κ3) is 4.80. The van der Waals surface area contributed by atoms with E-state index in [0.717, 1.165) is 54.9 Å². The number of halogens is 2. The number of pyridine rings is 1. The summed E-state index contributed by atoms with van der Waals surface area (Å²) in [6.07, 6.45) is 3.45. The maximum atomic E-state index is 13.7. The summed E-state index contributed by atoms with van der Waals surface area (Å²) in [6.45, 7) is 6.21. The maximum Gasteiger partial charge on any atom is 0.163 e. The van der Waals surface area contributed by atoms with Gasteiger partial charge >= 0.3 is 0 Å². The molecule has 0 amide bonds. The number of aromatic nitrogens is 3. The third-order valence-electron chi connectivity index (χ3n) is 5.66. The van der Waals surface area contributed by atoms with E-state index in [1.807, 2.05) is 12.1 Å².